The van der Waals surface area contributed by atoms with Crippen LogP contribution >= 0.6 is 11.8 Å². The smallest absolute Gasteiger partial charge is 0.331 e. The summed E-state index contributed by atoms with van der Waals surface area (Å²) in [6.07, 6.45) is 1.03. The summed E-state index contributed by atoms with van der Waals surface area (Å²) < 4.78 is 35.9. The lowest BCUT2D eigenvalue weighted by atomic mass is 9.72. The number of nitriles is 1. The van der Waals surface area contributed by atoms with Gasteiger partial charge in [0.1, 0.15) is 18.4 Å². The highest BCUT2D eigenvalue weighted by Gasteiger charge is 2.60. The molecule has 54 heavy (non-hydrogen) atoms. The number of carbonyl (C=O) groups is 2. The maximum atomic E-state index is 14.7. The molecule has 3 aromatic carbocycles. The summed E-state index contributed by atoms with van der Waals surface area (Å²) in [5, 5.41) is 40.3. The van der Waals surface area contributed by atoms with Crippen molar-refractivity contribution in [3.63, 3.8) is 0 Å². The van der Waals surface area contributed by atoms with Gasteiger partial charge in [-0.2, -0.15) is 5.26 Å². The first-order valence-electron chi connectivity index (χ1n) is 17.9. The standard InChI is InChI=1S/C39H40N4O10S/c1-16-8-20-9-22-23(12-40)43-24-13-50-38(47)39(21-11-26(48-4)25(45)10-19(21)6-7-41-39)14-54-37(31(43)30(42-22)27(20)32(46)33(16)49-5)29-28(24)36-35(51-15-52-36)17(2)34(29)53-18(3)44/h8,10-11,22-24,30-31,37,41-42,45-46H,6-7,9,13-15H2,1-5H3/t22?,23-,24?,30?,31?,37+,39-/m0/s1. The topological polar surface area (TPSA) is 181 Å². The quantitative estimate of drug-likeness (QED) is 0.225. The van der Waals surface area contributed by atoms with Crippen LogP contribution < -0.4 is 34.3 Å². The molecule has 0 radical (unpaired) electrons. The van der Waals surface area contributed by atoms with Gasteiger partial charge in [0, 0.05) is 53.6 Å². The molecule has 0 amide bonds. The Labute approximate surface area is 315 Å². The fourth-order valence-electron chi connectivity index (χ4n) is 9.79. The Hall–Kier alpha value is -4.88. The SMILES string of the molecule is COc1cc2c(cc1O)CCN[C@@]21CS[C@@H]2c3c(OC(C)=O)c(C)c4c(c3C(COC1=O)N1C2C2NC(Cc3cc(C)c(OC)c(O)c32)[C@@H]1C#N)OCO4. The number of ether oxygens (including phenoxy) is 6. The minimum atomic E-state index is -1.36. The molecular formula is C39H40N4O10S. The fourth-order valence-corrected chi connectivity index (χ4v) is 11.5. The first-order valence-corrected chi connectivity index (χ1v) is 19.0. The summed E-state index contributed by atoms with van der Waals surface area (Å²) in [6, 6.07) is 5.06. The second-order valence-corrected chi connectivity index (χ2v) is 15.8. The molecule has 282 valence electrons. The molecular weight excluding hydrogens is 717 g/mol. The van der Waals surface area contributed by atoms with Crippen molar-refractivity contribution in [3.05, 3.63) is 62.7 Å². The minimum absolute atomic E-state index is 0.0248. The molecule has 4 N–H and O–H groups in total. The lowest BCUT2D eigenvalue weighted by Crippen LogP contribution is -2.69. The van der Waals surface area contributed by atoms with Crippen LogP contribution in [0.15, 0.2) is 18.2 Å². The second kappa shape index (κ2) is 12.6. The number of esters is 2. The summed E-state index contributed by atoms with van der Waals surface area (Å²) >= 11 is 1.46. The first-order chi connectivity index (χ1) is 26.0. The normalized spacial score (nSPS) is 28.9. The summed E-state index contributed by atoms with van der Waals surface area (Å²) in [7, 11) is 2.99. The number of carbonyl (C=O) groups excluding carboxylic acids is 2. The van der Waals surface area contributed by atoms with E-state index in [2.05, 4.69) is 21.6 Å². The molecule has 2 fully saturated rings. The van der Waals surface area contributed by atoms with E-state index in [1.54, 1.807) is 12.1 Å². The highest BCUT2D eigenvalue weighted by molar-refractivity contribution is 7.99. The van der Waals surface area contributed by atoms with Crippen molar-refractivity contribution in [3.8, 4) is 46.3 Å². The number of thioether (sulfide) groups is 1. The van der Waals surface area contributed by atoms with Crippen molar-refractivity contribution in [2.45, 2.75) is 74.6 Å². The van der Waals surface area contributed by atoms with Crippen LogP contribution in [0.2, 0.25) is 0 Å². The van der Waals surface area contributed by atoms with Gasteiger partial charge in [0.15, 0.2) is 40.0 Å². The Balaban J connectivity index is 1.32. The minimum Gasteiger partial charge on any atom is -0.504 e. The third-order valence-corrected chi connectivity index (χ3v) is 13.4. The molecule has 15 heteroatoms. The van der Waals surface area contributed by atoms with Gasteiger partial charge in [0.25, 0.3) is 0 Å². The molecule has 0 saturated carbocycles. The van der Waals surface area contributed by atoms with Crippen LogP contribution in [0.4, 0.5) is 0 Å². The molecule has 4 bridgehead atoms. The molecule has 7 atom stereocenters. The van der Waals surface area contributed by atoms with Crippen molar-refractivity contribution < 1.29 is 48.2 Å². The molecule has 7 heterocycles. The van der Waals surface area contributed by atoms with Crippen LogP contribution in [0.5, 0.6) is 40.2 Å². The Morgan fingerprint density at radius 1 is 1.06 bits per heavy atom. The van der Waals surface area contributed by atoms with Gasteiger partial charge in [-0.1, -0.05) is 6.07 Å². The van der Waals surface area contributed by atoms with E-state index in [4.69, 9.17) is 28.4 Å². The zero-order valence-electron chi connectivity index (χ0n) is 30.4. The zero-order valence-corrected chi connectivity index (χ0v) is 31.2. The molecule has 1 spiro atoms. The van der Waals surface area contributed by atoms with Crippen molar-refractivity contribution in [1.82, 2.24) is 15.5 Å². The van der Waals surface area contributed by atoms with E-state index in [9.17, 15) is 25.1 Å². The summed E-state index contributed by atoms with van der Waals surface area (Å²) in [5.74, 6) is 0.913. The van der Waals surface area contributed by atoms with Gasteiger partial charge in [-0.3, -0.25) is 15.0 Å². The van der Waals surface area contributed by atoms with Crippen molar-refractivity contribution >= 4 is 23.7 Å². The molecule has 0 aromatic heterocycles. The molecule has 7 aliphatic heterocycles. The molecule has 7 aliphatic rings. The van der Waals surface area contributed by atoms with Gasteiger partial charge < -0.3 is 44.0 Å². The van der Waals surface area contributed by atoms with Crippen LogP contribution in [0.25, 0.3) is 0 Å². The molecule has 14 nitrogen and oxygen atoms in total. The Morgan fingerprint density at radius 2 is 1.85 bits per heavy atom. The predicted molar refractivity (Wildman–Crippen MR) is 193 cm³/mol. The monoisotopic (exact) mass is 756 g/mol. The molecule has 3 aromatic rings. The highest BCUT2D eigenvalue weighted by Crippen LogP contribution is 2.63. The number of fused-ring (bicyclic) bond motifs is 9. The lowest BCUT2D eigenvalue weighted by molar-refractivity contribution is -0.155. The van der Waals surface area contributed by atoms with E-state index in [0.717, 1.165) is 16.7 Å². The first kappa shape index (κ1) is 34.9. The summed E-state index contributed by atoms with van der Waals surface area (Å²) in [4.78, 5) is 29.7. The maximum Gasteiger partial charge on any atom is 0.331 e. The van der Waals surface area contributed by atoms with Gasteiger partial charge in [-0.05, 0) is 61.1 Å². The lowest BCUT2D eigenvalue weighted by Gasteiger charge is -2.59. The second-order valence-electron chi connectivity index (χ2n) is 14.7. The maximum absolute atomic E-state index is 14.7. The number of benzene rings is 3. The van der Waals surface area contributed by atoms with Crippen molar-refractivity contribution in [1.29, 1.82) is 5.26 Å². The highest BCUT2D eigenvalue weighted by atomic mass is 32.2. The van der Waals surface area contributed by atoms with Crippen LogP contribution in [0.3, 0.4) is 0 Å². The van der Waals surface area contributed by atoms with E-state index >= 15 is 0 Å². The number of phenols is 2. The van der Waals surface area contributed by atoms with Gasteiger partial charge in [-0.15, -0.1) is 11.8 Å². The number of nitrogens with zero attached hydrogens (tertiary/aromatic N) is 2. The Kier molecular flexibility index (Phi) is 8.13. The average Bonchev–Trinajstić information content (AvgIpc) is 3.64. The van der Waals surface area contributed by atoms with E-state index in [1.807, 2.05) is 19.9 Å². The number of nitrogens with one attached hydrogen (secondary N) is 2. The molecule has 2 saturated heterocycles. The molecule has 0 aliphatic carbocycles. The number of piperazine rings is 1. The van der Waals surface area contributed by atoms with Crippen LogP contribution in [-0.2, 0) is 32.7 Å². The van der Waals surface area contributed by atoms with Gasteiger partial charge in [-0.25, -0.2) is 4.79 Å². The number of hydrogen-bond acceptors (Lipinski definition) is 15. The number of rotatable bonds is 3. The van der Waals surface area contributed by atoms with Crippen LogP contribution in [0.1, 0.15) is 68.8 Å². The summed E-state index contributed by atoms with van der Waals surface area (Å²) in [6.45, 7) is 5.25. The number of phenolic OH excluding ortho intramolecular Hbond substituents is 2. The fraction of sp³-hybridized carbons (Fsp3) is 0.462. The third kappa shape index (κ3) is 4.76. The van der Waals surface area contributed by atoms with E-state index in [0.29, 0.717) is 70.2 Å². The Morgan fingerprint density at radius 3 is 2.59 bits per heavy atom. The number of aromatic hydroxyl groups is 2. The average molecular weight is 757 g/mol. The van der Waals surface area contributed by atoms with Gasteiger partial charge in [0.05, 0.1) is 37.6 Å². The molecule has 10 rings (SSSR count). The van der Waals surface area contributed by atoms with Gasteiger partial charge >= 0.3 is 11.9 Å². The summed E-state index contributed by atoms with van der Waals surface area (Å²) in [5.41, 5.74) is 4.33. The predicted octanol–water partition coefficient (Wildman–Crippen LogP) is 3.64. The molecule has 4 unspecified atom stereocenters. The van der Waals surface area contributed by atoms with E-state index in [1.165, 1.54) is 32.9 Å². The van der Waals surface area contributed by atoms with Gasteiger partial charge in [0.2, 0.25) is 6.79 Å². The van der Waals surface area contributed by atoms with E-state index < -0.39 is 46.9 Å². The largest absolute Gasteiger partial charge is 0.504 e. The van der Waals surface area contributed by atoms with Crippen molar-refractivity contribution in [2.24, 2.45) is 0 Å². The Bertz CT molecular complexity index is 2190. The van der Waals surface area contributed by atoms with Crippen molar-refractivity contribution in [2.75, 3.05) is 39.9 Å². The van der Waals surface area contributed by atoms with Crippen LogP contribution in [0, 0.1) is 25.2 Å². The zero-order chi connectivity index (χ0) is 37.8. The van der Waals surface area contributed by atoms with Crippen LogP contribution in [-0.4, -0.2) is 85.1 Å². The van der Waals surface area contributed by atoms with E-state index in [-0.39, 0.29) is 42.4 Å². The number of aryl methyl sites for hydroxylation is 1. The third-order valence-electron chi connectivity index (χ3n) is 11.9. The number of methoxy groups -OCH3 is 2. The number of hydrogen-bond donors (Lipinski definition) is 4.